The fourth-order valence-corrected chi connectivity index (χ4v) is 3.03. The topological polar surface area (TPSA) is 43.4 Å². The van der Waals surface area contributed by atoms with Crippen LogP contribution in [0.15, 0.2) is 11.8 Å². The Morgan fingerprint density at radius 2 is 1.68 bits per heavy atom. The minimum atomic E-state index is -5.57. The number of halogens is 3. The van der Waals surface area contributed by atoms with Gasteiger partial charge in [0.2, 0.25) is 0 Å². The molecule has 1 aliphatic carbocycles. The van der Waals surface area contributed by atoms with Crippen LogP contribution in [0.3, 0.4) is 0 Å². The molecule has 0 bridgehead atoms. The van der Waals surface area contributed by atoms with Gasteiger partial charge in [0.05, 0.1) is 0 Å². The molecule has 114 valence electrons. The predicted octanol–water partition coefficient (Wildman–Crippen LogP) is 4.22. The van der Waals surface area contributed by atoms with Crippen LogP contribution in [0.1, 0.15) is 48.0 Å². The number of rotatable bonds is 2. The van der Waals surface area contributed by atoms with Crippen LogP contribution in [0.25, 0.3) is 0 Å². The normalized spacial score (nSPS) is 22.2. The molecule has 0 spiro atoms. The van der Waals surface area contributed by atoms with Crippen molar-refractivity contribution in [3.63, 3.8) is 0 Å². The van der Waals surface area contributed by atoms with Crippen molar-refractivity contribution in [2.75, 3.05) is 0 Å². The first-order valence-corrected chi connectivity index (χ1v) is 6.88. The van der Waals surface area contributed by atoms with Gasteiger partial charge >= 0.3 is 15.6 Å². The first-order chi connectivity index (χ1) is 7.74. The molecule has 0 amide bonds. The third-order valence-electron chi connectivity index (χ3n) is 2.64. The van der Waals surface area contributed by atoms with Crippen LogP contribution in [-0.2, 0) is 14.3 Å². The molecule has 0 heterocycles. The van der Waals surface area contributed by atoms with Crippen molar-refractivity contribution in [2.24, 2.45) is 10.8 Å². The van der Waals surface area contributed by atoms with Gasteiger partial charge in [-0.15, -0.1) is 0 Å². The van der Waals surface area contributed by atoms with Crippen LogP contribution in [0.4, 0.5) is 13.2 Å². The minimum Gasteiger partial charge on any atom is -0.381 e. The summed E-state index contributed by atoms with van der Waals surface area (Å²) in [6.45, 7) is 7.39. The maximum atomic E-state index is 12.2. The second kappa shape index (κ2) is 5.00. The highest BCUT2D eigenvalue weighted by Gasteiger charge is 2.49. The van der Waals surface area contributed by atoms with Crippen molar-refractivity contribution in [1.29, 1.82) is 0 Å². The fourth-order valence-electron chi connectivity index (χ4n) is 2.55. The van der Waals surface area contributed by atoms with Gasteiger partial charge in [-0.1, -0.05) is 35.1 Å². The molecule has 0 radical (unpaired) electrons. The van der Waals surface area contributed by atoms with Crippen molar-refractivity contribution in [3.05, 3.63) is 11.8 Å². The Kier molecular flexibility index (Phi) is 4.81. The van der Waals surface area contributed by atoms with Gasteiger partial charge in [0.1, 0.15) is 5.76 Å². The molecule has 0 atom stereocenters. The third-order valence-corrected chi connectivity index (χ3v) is 3.64. The number of hydrogen-bond donors (Lipinski definition) is 0. The largest absolute Gasteiger partial charge is 0.534 e. The van der Waals surface area contributed by atoms with Gasteiger partial charge in [-0.25, -0.2) is 0 Å². The van der Waals surface area contributed by atoms with Crippen molar-refractivity contribution in [1.82, 2.24) is 0 Å². The van der Waals surface area contributed by atoms with E-state index in [0.717, 1.165) is 6.42 Å². The average Bonchev–Trinajstić information content (AvgIpc) is 1.92. The van der Waals surface area contributed by atoms with Crippen LogP contribution >= 0.6 is 0 Å². The number of hydrogen-bond acceptors (Lipinski definition) is 3. The van der Waals surface area contributed by atoms with E-state index in [-0.39, 0.29) is 25.0 Å². The minimum absolute atomic E-state index is 0. The summed E-state index contributed by atoms with van der Waals surface area (Å²) in [5.41, 5.74) is -6.08. The highest BCUT2D eigenvalue weighted by atomic mass is 32.2. The van der Waals surface area contributed by atoms with E-state index in [1.165, 1.54) is 6.08 Å². The van der Waals surface area contributed by atoms with Crippen molar-refractivity contribution in [3.8, 4) is 0 Å². The summed E-state index contributed by atoms with van der Waals surface area (Å²) >= 11 is 0. The smallest absolute Gasteiger partial charge is 0.381 e. The van der Waals surface area contributed by atoms with Gasteiger partial charge in [0, 0.05) is 6.42 Å². The zero-order chi connectivity index (χ0) is 14.4. The van der Waals surface area contributed by atoms with E-state index < -0.39 is 21.0 Å². The lowest BCUT2D eigenvalue weighted by Crippen LogP contribution is -2.31. The van der Waals surface area contributed by atoms with Crippen molar-refractivity contribution < 1.29 is 25.8 Å². The molecular formula is C12H21F3O3S. The van der Waals surface area contributed by atoms with E-state index in [4.69, 9.17) is 0 Å². The van der Waals surface area contributed by atoms with E-state index >= 15 is 0 Å². The monoisotopic (exact) mass is 302 g/mol. The molecule has 0 aromatic heterocycles. The van der Waals surface area contributed by atoms with E-state index in [1.807, 2.05) is 27.7 Å². The van der Waals surface area contributed by atoms with Gasteiger partial charge < -0.3 is 4.18 Å². The van der Waals surface area contributed by atoms with Crippen LogP contribution in [0, 0.1) is 10.8 Å². The summed E-state index contributed by atoms with van der Waals surface area (Å²) in [7, 11) is -5.57. The lowest BCUT2D eigenvalue weighted by atomic mass is 9.69. The lowest BCUT2D eigenvalue weighted by Gasteiger charge is -2.38. The standard InChI is InChI=1S/C11H17F3O3S.CH4/c1-9(2)5-8(6-10(3,4)7-9)17-18(15,16)11(12,13)14;/h5H,6-7H2,1-4H3;1H4. The molecule has 0 aliphatic heterocycles. The average molecular weight is 302 g/mol. The third kappa shape index (κ3) is 4.71. The Morgan fingerprint density at radius 3 is 2.05 bits per heavy atom. The molecule has 0 N–H and O–H groups in total. The first-order valence-electron chi connectivity index (χ1n) is 5.47. The Morgan fingerprint density at radius 1 is 1.21 bits per heavy atom. The van der Waals surface area contributed by atoms with Crippen molar-refractivity contribution >= 4 is 10.1 Å². The molecule has 0 unspecified atom stereocenters. The molecule has 0 aromatic rings. The summed E-state index contributed by atoms with van der Waals surface area (Å²) < 4.78 is 62.8. The predicted molar refractivity (Wildman–Crippen MR) is 67.7 cm³/mol. The van der Waals surface area contributed by atoms with E-state index in [1.54, 1.807) is 0 Å². The molecule has 1 aliphatic rings. The maximum Gasteiger partial charge on any atom is 0.534 e. The quantitative estimate of drug-likeness (QED) is 0.566. The zero-order valence-corrected chi connectivity index (χ0v) is 11.6. The Bertz CT molecular complexity index is 459. The lowest BCUT2D eigenvalue weighted by molar-refractivity contribution is -0.0529. The maximum absolute atomic E-state index is 12.2. The van der Waals surface area contributed by atoms with Crippen LogP contribution < -0.4 is 0 Å². The Labute approximate surface area is 113 Å². The molecule has 19 heavy (non-hydrogen) atoms. The molecule has 0 fully saturated rings. The van der Waals surface area contributed by atoms with Crippen LogP contribution in [-0.4, -0.2) is 13.9 Å². The summed E-state index contributed by atoms with van der Waals surface area (Å²) in [4.78, 5) is 0. The molecule has 3 nitrogen and oxygen atoms in total. The van der Waals surface area contributed by atoms with Gasteiger partial charge in [-0.3, -0.25) is 0 Å². The zero-order valence-electron chi connectivity index (χ0n) is 10.8. The van der Waals surface area contributed by atoms with Gasteiger partial charge in [-0.2, -0.15) is 21.6 Å². The second-order valence-corrected chi connectivity index (χ2v) is 7.64. The number of alkyl halides is 3. The molecule has 0 saturated heterocycles. The summed E-state index contributed by atoms with van der Waals surface area (Å²) in [5.74, 6) is -0.131. The highest BCUT2D eigenvalue weighted by Crippen LogP contribution is 2.45. The molecule has 0 saturated carbocycles. The summed E-state index contributed by atoms with van der Waals surface area (Å²) in [6, 6.07) is 0. The highest BCUT2D eigenvalue weighted by molar-refractivity contribution is 7.87. The SMILES string of the molecule is C.CC1(C)C=C(OS(=O)(=O)C(F)(F)F)CC(C)(C)C1. The van der Waals surface area contributed by atoms with Gasteiger partial charge in [0.15, 0.2) is 0 Å². The molecule has 1 rings (SSSR count). The second-order valence-electron chi connectivity index (χ2n) is 6.10. The van der Waals surface area contributed by atoms with Gasteiger partial charge in [0.25, 0.3) is 0 Å². The van der Waals surface area contributed by atoms with E-state index in [2.05, 4.69) is 4.18 Å². The first kappa shape index (κ1) is 18.3. The van der Waals surface area contributed by atoms with E-state index in [0.29, 0.717) is 0 Å². The Hall–Kier alpha value is -0.720. The number of allylic oxidation sites excluding steroid dienone is 2. The van der Waals surface area contributed by atoms with Gasteiger partial charge in [-0.05, 0) is 23.3 Å². The van der Waals surface area contributed by atoms with Crippen LogP contribution in [0.5, 0.6) is 0 Å². The van der Waals surface area contributed by atoms with E-state index in [9.17, 15) is 21.6 Å². The van der Waals surface area contributed by atoms with Crippen molar-refractivity contribution in [2.45, 2.75) is 53.5 Å². The van der Waals surface area contributed by atoms with Crippen LogP contribution in [0.2, 0.25) is 0 Å². The summed E-state index contributed by atoms with van der Waals surface area (Å²) in [6.07, 6.45) is 2.38. The fraction of sp³-hybridized carbons (Fsp3) is 0.833. The molecular weight excluding hydrogens is 281 g/mol. The molecule has 0 aromatic carbocycles. The Balaban J connectivity index is 0.00000324. The summed E-state index contributed by atoms with van der Waals surface area (Å²) in [5, 5.41) is 0. The molecule has 7 heteroatoms.